The Morgan fingerprint density at radius 3 is 2.59 bits per heavy atom. The summed E-state index contributed by atoms with van der Waals surface area (Å²) in [5, 5.41) is 0. The van der Waals surface area contributed by atoms with Gasteiger partial charge in [0.1, 0.15) is 11.5 Å². The van der Waals surface area contributed by atoms with Gasteiger partial charge in [-0.2, -0.15) is 0 Å². The molecule has 2 atom stereocenters. The minimum Gasteiger partial charge on any atom is -0.461 e. The highest BCUT2D eigenvalue weighted by Gasteiger charge is 2.36. The first-order valence-corrected chi connectivity index (χ1v) is 7.90. The molecule has 1 aromatic rings. The van der Waals surface area contributed by atoms with E-state index in [2.05, 4.69) is 6.92 Å². The minimum absolute atomic E-state index is 0.0411. The quantitative estimate of drug-likeness (QED) is 0.866. The van der Waals surface area contributed by atoms with Crippen molar-refractivity contribution in [1.29, 1.82) is 0 Å². The molecule has 5 nitrogen and oxygen atoms in total. The van der Waals surface area contributed by atoms with Crippen molar-refractivity contribution in [3.8, 4) is 0 Å². The van der Waals surface area contributed by atoms with Crippen LogP contribution in [0, 0.1) is 11.8 Å². The average Bonchev–Trinajstić information content (AvgIpc) is 3.06. The van der Waals surface area contributed by atoms with Crippen molar-refractivity contribution in [2.24, 2.45) is 17.6 Å². The molecule has 3 rings (SSSR count). The summed E-state index contributed by atoms with van der Waals surface area (Å²) in [4.78, 5) is 25.0. The van der Waals surface area contributed by atoms with E-state index in [1.54, 1.807) is 17.1 Å². The number of piperidine rings is 1. The van der Waals surface area contributed by atoms with Gasteiger partial charge < -0.3 is 15.1 Å². The second kappa shape index (κ2) is 5.99. The molecule has 1 aromatic heterocycles. The summed E-state index contributed by atoms with van der Waals surface area (Å²) in [5.41, 5.74) is 5.30. The fourth-order valence-corrected chi connectivity index (χ4v) is 3.02. The molecule has 1 saturated heterocycles. The predicted molar refractivity (Wildman–Crippen MR) is 82.8 cm³/mol. The first kappa shape index (κ1) is 14.9. The van der Waals surface area contributed by atoms with Crippen LogP contribution in [0.4, 0.5) is 0 Å². The number of likely N-dealkylation sites (tertiary alicyclic amines) is 1. The highest BCUT2D eigenvalue weighted by atomic mass is 16.3. The van der Waals surface area contributed by atoms with Gasteiger partial charge in [0, 0.05) is 31.0 Å². The van der Waals surface area contributed by atoms with E-state index in [1.165, 1.54) is 6.42 Å². The largest absolute Gasteiger partial charge is 0.461 e. The topological polar surface area (TPSA) is 76.5 Å². The van der Waals surface area contributed by atoms with Crippen LogP contribution in [0.1, 0.15) is 43.6 Å². The third-order valence-electron chi connectivity index (χ3n) is 4.72. The normalized spacial score (nSPS) is 25.6. The molecule has 22 heavy (non-hydrogen) atoms. The van der Waals surface area contributed by atoms with E-state index in [4.69, 9.17) is 10.2 Å². The van der Waals surface area contributed by atoms with Gasteiger partial charge in [-0.25, -0.2) is 0 Å². The highest BCUT2D eigenvalue weighted by molar-refractivity contribution is 5.91. The summed E-state index contributed by atoms with van der Waals surface area (Å²) in [6.45, 7) is 3.38. The number of carbonyl (C=O) groups is 2. The number of amides is 2. The van der Waals surface area contributed by atoms with E-state index >= 15 is 0 Å². The molecule has 2 amide bonds. The van der Waals surface area contributed by atoms with E-state index in [0.29, 0.717) is 37.8 Å². The van der Waals surface area contributed by atoms with Crippen LogP contribution < -0.4 is 5.73 Å². The molecule has 1 aliphatic heterocycles. The monoisotopic (exact) mass is 302 g/mol. The number of hydrogen-bond donors (Lipinski definition) is 1. The summed E-state index contributed by atoms with van der Waals surface area (Å²) >= 11 is 0. The zero-order valence-corrected chi connectivity index (χ0v) is 12.8. The minimum atomic E-state index is -0.264. The van der Waals surface area contributed by atoms with Gasteiger partial charge in [0.25, 0.3) is 0 Å². The van der Waals surface area contributed by atoms with Crippen LogP contribution in [-0.4, -0.2) is 29.8 Å². The number of primary amides is 1. The zero-order valence-electron chi connectivity index (χ0n) is 12.8. The smallest absolute Gasteiger partial charge is 0.246 e. The SMILES string of the molecule is CC1CC1c1ccc(/C=C/C(=O)N2CCC(C(N)=O)CC2)o1. The fourth-order valence-electron chi connectivity index (χ4n) is 3.02. The molecule has 2 unspecified atom stereocenters. The molecule has 1 saturated carbocycles. The molecule has 0 spiro atoms. The van der Waals surface area contributed by atoms with E-state index in [-0.39, 0.29) is 17.7 Å². The molecule has 2 N–H and O–H groups in total. The maximum Gasteiger partial charge on any atom is 0.246 e. The lowest BCUT2D eigenvalue weighted by atomic mass is 9.96. The Kier molecular flexibility index (Phi) is 4.05. The molecular weight excluding hydrogens is 280 g/mol. The van der Waals surface area contributed by atoms with Crippen molar-refractivity contribution in [1.82, 2.24) is 4.90 Å². The van der Waals surface area contributed by atoms with Crippen LogP contribution in [0.3, 0.4) is 0 Å². The van der Waals surface area contributed by atoms with E-state index in [0.717, 1.165) is 11.5 Å². The first-order valence-electron chi connectivity index (χ1n) is 7.90. The molecule has 1 aliphatic carbocycles. The Hall–Kier alpha value is -2.04. The Morgan fingerprint density at radius 1 is 1.32 bits per heavy atom. The summed E-state index contributed by atoms with van der Waals surface area (Å²) in [6.07, 6.45) is 5.76. The molecule has 2 heterocycles. The maximum absolute atomic E-state index is 12.1. The van der Waals surface area contributed by atoms with Crippen molar-refractivity contribution < 1.29 is 14.0 Å². The number of carbonyl (C=O) groups excluding carboxylic acids is 2. The third kappa shape index (κ3) is 3.24. The van der Waals surface area contributed by atoms with Crippen LogP contribution in [0.2, 0.25) is 0 Å². The standard InChI is InChI=1S/C17H22N2O3/c1-11-10-14(11)15-4-2-13(22-15)3-5-16(20)19-8-6-12(7-9-19)17(18)21/h2-5,11-12,14H,6-10H2,1H3,(H2,18,21)/b5-3+. The number of hydrogen-bond acceptors (Lipinski definition) is 3. The Balaban J connectivity index is 1.53. The number of nitrogens with two attached hydrogens (primary N) is 1. The van der Waals surface area contributed by atoms with Crippen molar-refractivity contribution in [3.63, 3.8) is 0 Å². The highest BCUT2D eigenvalue weighted by Crippen LogP contribution is 2.47. The third-order valence-corrected chi connectivity index (χ3v) is 4.72. The number of rotatable bonds is 4. The van der Waals surface area contributed by atoms with Gasteiger partial charge in [0.15, 0.2) is 0 Å². The average molecular weight is 302 g/mol. The van der Waals surface area contributed by atoms with Crippen LogP contribution in [0.5, 0.6) is 0 Å². The van der Waals surface area contributed by atoms with Crippen LogP contribution in [-0.2, 0) is 9.59 Å². The molecule has 118 valence electrons. The van der Waals surface area contributed by atoms with Crippen LogP contribution in [0.15, 0.2) is 22.6 Å². The number of furan rings is 1. The Morgan fingerprint density at radius 2 is 2.00 bits per heavy atom. The molecule has 2 aliphatic rings. The molecule has 0 radical (unpaired) electrons. The second-order valence-corrected chi connectivity index (χ2v) is 6.39. The Labute approximate surface area is 130 Å². The van der Waals surface area contributed by atoms with Crippen molar-refractivity contribution >= 4 is 17.9 Å². The van der Waals surface area contributed by atoms with E-state index in [1.807, 2.05) is 12.1 Å². The fraction of sp³-hybridized carbons (Fsp3) is 0.529. The zero-order chi connectivity index (χ0) is 15.7. The van der Waals surface area contributed by atoms with Crippen LogP contribution in [0.25, 0.3) is 6.08 Å². The maximum atomic E-state index is 12.1. The molecule has 0 bridgehead atoms. The second-order valence-electron chi connectivity index (χ2n) is 6.39. The van der Waals surface area contributed by atoms with Gasteiger partial charge in [-0.1, -0.05) is 6.92 Å². The van der Waals surface area contributed by atoms with Crippen molar-refractivity contribution in [2.75, 3.05) is 13.1 Å². The summed E-state index contributed by atoms with van der Waals surface area (Å²) in [5.74, 6) is 2.58. The van der Waals surface area contributed by atoms with E-state index < -0.39 is 0 Å². The van der Waals surface area contributed by atoms with Gasteiger partial charge in [0.05, 0.1) is 0 Å². The van der Waals surface area contributed by atoms with Crippen molar-refractivity contribution in [2.45, 2.75) is 32.1 Å². The molecule has 2 fully saturated rings. The number of nitrogens with zero attached hydrogens (tertiary/aromatic N) is 1. The predicted octanol–water partition coefficient (Wildman–Crippen LogP) is 2.14. The molecule has 5 heteroatoms. The first-order chi connectivity index (χ1) is 10.5. The van der Waals surface area contributed by atoms with E-state index in [9.17, 15) is 9.59 Å². The molecular formula is C17H22N2O3. The van der Waals surface area contributed by atoms with Gasteiger partial charge in [0.2, 0.25) is 11.8 Å². The van der Waals surface area contributed by atoms with Crippen molar-refractivity contribution in [3.05, 3.63) is 29.7 Å². The summed E-state index contributed by atoms with van der Waals surface area (Å²) in [7, 11) is 0. The lowest BCUT2D eigenvalue weighted by molar-refractivity contribution is -0.130. The summed E-state index contributed by atoms with van der Waals surface area (Å²) in [6, 6.07) is 3.90. The van der Waals surface area contributed by atoms with Gasteiger partial charge in [-0.3, -0.25) is 9.59 Å². The lowest BCUT2D eigenvalue weighted by Gasteiger charge is -2.29. The summed E-state index contributed by atoms with van der Waals surface area (Å²) < 4.78 is 5.75. The van der Waals surface area contributed by atoms with Gasteiger partial charge in [-0.05, 0) is 43.4 Å². The van der Waals surface area contributed by atoms with Gasteiger partial charge in [-0.15, -0.1) is 0 Å². The lowest BCUT2D eigenvalue weighted by Crippen LogP contribution is -2.41. The van der Waals surface area contributed by atoms with Crippen LogP contribution >= 0.6 is 0 Å². The molecule has 0 aromatic carbocycles. The Bertz CT molecular complexity index is 597. The van der Waals surface area contributed by atoms with Gasteiger partial charge >= 0.3 is 0 Å².